The molecule has 0 radical (unpaired) electrons. The number of fused-ring (bicyclic) bond motifs is 1. The molecule has 0 spiro atoms. The molecule has 5 heteroatoms. The van der Waals surface area contributed by atoms with Crippen molar-refractivity contribution >= 4 is 28.7 Å². The summed E-state index contributed by atoms with van der Waals surface area (Å²) >= 11 is 1.46. The Balaban J connectivity index is 1.51. The number of thioether (sulfide) groups is 1. The number of aromatic amines is 1. The van der Waals surface area contributed by atoms with Gasteiger partial charge in [0.2, 0.25) is 5.91 Å². The van der Waals surface area contributed by atoms with Crippen LogP contribution < -0.4 is 5.32 Å². The summed E-state index contributed by atoms with van der Waals surface area (Å²) in [5.74, 6) is 0.540. The number of imidazole rings is 1. The lowest BCUT2D eigenvalue weighted by atomic mass is 9.95. The minimum Gasteiger partial charge on any atom is -0.353 e. The fraction of sp³-hybridized carbons (Fsp3) is 0.467. The lowest BCUT2D eigenvalue weighted by molar-refractivity contribution is -0.119. The molecule has 1 aliphatic carbocycles. The van der Waals surface area contributed by atoms with E-state index in [4.69, 9.17) is 0 Å². The number of rotatable bonds is 4. The maximum Gasteiger partial charge on any atom is 0.230 e. The number of hydrogen-bond acceptors (Lipinski definition) is 3. The minimum atomic E-state index is 0.113. The smallest absolute Gasteiger partial charge is 0.230 e. The van der Waals surface area contributed by atoms with Crippen LogP contribution in [0.15, 0.2) is 29.4 Å². The largest absolute Gasteiger partial charge is 0.353 e. The standard InChI is InChI=1S/C15H19N3OS/c19-14(16-11-6-2-1-3-7-11)10-20-15-17-12-8-4-5-9-13(12)18-15/h4-5,8-9,11H,1-3,6-7,10H2,(H,16,19)(H,17,18). The topological polar surface area (TPSA) is 57.8 Å². The van der Waals surface area contributed by atoms with Gasteiger partial charge in [0, 0.05) is 6.04 Å². The summed E-state index contributed by atoms with van der Waals surface area (Å²) < 4.78 is 0. The molecule has 1 amide bonds. The van der Waals surface area contributed by atoms with Gasteiger partial charge in [0.15, 0.2) is 5.16 Å². The predicted molar refractivity (Wildman–Crippen MR) is 81.8 cm³/mol. The molecule has 3 rings (SSSR count). The Labute approximate surface area is 122 Å². The molecule has 1 aromatic heterocycles. The van der Waals surface area contributed by atoms with Gasteiger partial charge in [0.05, 0.1) is 16.8 Å². The van der Waals surface area contributed by atoms with Gasteiger partial charge in [-0.2, -0.15) is 0 Å². The molecular formula is C15H19N3OS. The normalized spacial score (nSPS) is 16.4. The van der Waals surface area contributed by atoms with Crippen LogP contribution >= 0.6 is 11.8 Å². The van der Waals surface area contributed by atoms with Gasteiger partial charge in [-0.3, -0.25) is 4.79 Å². The number of nitrogens with zero attached hydrogens (tertiary/aromatic N) is 1. The second-order valence-corrected chi connectivity index (χ2v) is 6.21. The van der Waals surface area contributed by atoms with Crippen molar-refractivity contribution < 1.29 is 4.79 Å². The molecule has 106 valence electrons. The van der Waals surface area contributed by atoms with Crippen LogP contribution in [0.2, 0.25) is 0 Å². The van der Waals surface area contributed by atoms with Crippen LogP contribution in [0.25, 0.3) is 11.0 Å². The van der Waals surface area contributed by atoms with E-state index in [1.165, 1.54) is 31.0 Å². The van der Waals surface area contributed by atoms with Crippen LogP contribution in [0.1, 0.15) is 32.1 Å². The number of carbonyl (C=O) groups is 1. The highest BCUT2D eigenvalue weighted by Gasteiger charge is 2.16. The molecule has 0 bridgehead atoms. The third-order valence-electron chi connectivity index (χ3n) is 3.68. The Hall–Kier alpha value is -1.49. The average Bonchev–Trinajstić information content (AvgIpc) is 2.89. The van der Waals surface area contributed by atoms with E-state index in [1.54, 1.807) is 0 Å². The highest BCUT2D eigenvalue weighted by atomic mass is 32.2. The Bertz CT molecular complexity index is 557. The maximum absolute atomic E-state index is 11.9. The first kappa shape index (κ1) is 13.5. The van der Waals surface area contributed by atoms with E-state index in [9.17, 15) is 4.79 Å². The lowest BCUT2D eigenvalue weighted by Crippen LogP contribution is -2.37. The zero-order valence-corrected chi connectivity index (χ0v) is 12.2. The van der Waals surface area contributed by atoms with Crippen molar-refractivity contribution in [1.29, 1.82) is 0 Å². The number of nitrogens with one attached hydrogen (secondary N) is 2. The molecule has 1 fully saturated rings. The summed E-state index contributed by atoms with van der Waals surface area (Å²) in [4.78, 5) is 19.6. The molecule has 1 saturated carbocycles. The molecular weight excluding hydrogens is 270 g/mol. The first-order valence-electron chi connectivity index (χ1n) is 7.18. The summed E-state index contributed by atoms with van der Waals surface area (Å²) in [6.45, 7) is 0. The summed E-state index contributed by atoms with van der Waals surface area (Å²) in [5, 5.41) is 3.93. The van der Waals surface area contributed by atoms with Crippen molar-refractivity contribution in [2.75, 3.05) is 5.75 Å². The van der Waals surface area contributed by atoms with Crippen molar-refractivity contribution in [1.82, 2.24) is 15.3 Å². The van der Waals surface area contributed by atoms with Gasteiger partial charge >= 0.3 is 0 Å². The molecule has 0 atom stereocenters. The second kappa shape index (κ2) is 6.31. The van der Waals surface area contributed by atoms with Crippen LogP contribution in [-0.2, 0) is 4.79 Å². The molecule has 0 aliphatic heterocycles. The molecule has 4 nitrogen and oxygen atoms in total. The van der Waals surface area contributed by atoms with E-state index in [1.807, 2.05) is 24.3 Å². The van der Waals surface area contributed by atoms with Crippen LogP contribution in [0.5, 0.6) is 0 Å². The third-order valence-corrected chi connectivity index (χ3v) is 4.55. The molecule has 1 aliphatic rings. The van der Waals surface area contributed by atoms with E-state index < -0.39 is 0 Å². The van der Waals surface area contributed by atoms with Gasteiger partial charge < -0.3 is 10.3 Å². The Morgan fingerprint density at radius 3 is 2.90 bits per heavy atom. The Kier molecular flexibility index (Phi) is 4.25. The molecule has 2 N–H and O–H groups in total. The summed E-state index contributed by atoms with van der Waals surface area (Å²) in [5.41, 5.74) is 1.96. The number of benzene rings is 1. The summed E-state index contributed by atoms with van der Waals surface area (Å²) in [6, 6.07) is 8.29. The molecule has 0 saturated heterocycles. The molecule has 0 unspecified atom stereocenters. The monoisotopic (exact) mass is 289 g/mol. The molecule has 2 aromatic rings. The molecule has 1 heterocycles. The highest BCUT2D eigenvalue weighted by molar-refractivity contribution is 7.99. The lowest BCUT2D eigenvalue weighted by Gasteiger charge is -2.22. The van der Waals surface area contributed by atoms with Crippen molar-refractivity contribution in [3.05, 3.63) is 24.3 Å². The zero-order valence-electron chi connectivity index (χ0n) is 11.4. The van der Waals surface area contributed by atoms with E-state index >= 15 is 0 Å². The number of amides is 1. The Morgan fingerprint density at radius 2 is 2.10 bits per heavy atom. The van der Waals surface area contributed by atoms with E-state index in [-0.39, 0.29) is 5.91 Å². The van der Waals surface area contributed by atoms with E-state index in [2.05, 4.69) is 15.3 Å². The van der Waals surface area contributed by atoms with Crippen molar-refractivity contribution in [2.24, 2.45) is 0 Å². The number of hydrogen-bond donors (Lipinski definition) is 2. The first-order valence-corrected chi connectivity index (χ1v) is 8.17. The quantitative estimate of drug-likeness (QED) is 0.850. The van der Waals surface area contributed by atoms with Crippen LogP contribution in [0.4, 0.5) is 0 Å². The third kappa shape index (κ3) is 3.33. The van der Waals surface area contributed by atoms with Gasteiger partial charge in [-0.05, 0) is 25.0 Å². The van der Waals surface area contributed by atoms with Crippen LogP contribution in [0, 0.1) is 0 Å². The Morgan fingerprint density at radius 1 is 1.30 bits per heavy atom. The zero-order chi connectivity index (χ0) is 13.8. The van der Waals surface area contributed by atoms with E-state index in [0.29, 0.717) is 11.8 Å². The molecule has 1 aromatic carbocycles. The van der Waals surface area contributed by atoms with Gasteiger partial charge in [-0.25, -0.2) is 4.98 Å². The SMILES string of the molecule is O=C(CSc1nc2ccccc2[nH]1)NC1CCCCC1. The average molecular weight is 289 g/mol. The van der Waals surface area contributed by atoms with Gasteiger partial charge in [0.25, 0.3) is 0 Å². The van der Waals surface area contributed by atoms with Crippen molar-refractivity contribution in [3.63, 3.8) is 0 Å². The summed E-state index contributed by atoms with van der Waals surface area (Å²) in [6.07, 6.45) is 6.03. The number of carbonyl (C=O) groups excluding carboxylic acids is 1. The number of aromatic nitrogens is 2. The predicted octanol–water partition coefficient (Wildman–Crippen LogP) is 3.10. The highest BCUT2D eigenvalue weighted by Crippen LogP contribution is 2.20. The van der Waals surface area contributed by atoms with Crippen molar-refractivity contribution in [2.45, 2.75) is 43.3 Å². The van der Waals surface area contributed by atoms with Crippen molar-refractivity contribution in [3.8, 4) is 0 Å². The summed E-state index contributed by atoms with van der Waals surface area (Å²) in [7, 11) is 0. The number of para-hydroxylation sites is 2. The van der Waals surface area contributed by atoms with Crippen LogP contribution in [-0.4, -0.2) is 27.7 Å². The number of H-pyrrole nitrogens is 1. The van der Waals surface area contributed by atoms with Gasteiger partial charge in [-0.15, -0.1) is 0 Å². The van der Waals surface area contributed by atoms with Gasteiger partial charge in [-0.1, -0.05) is 43.2 Å². The minimum absolute atomic E-state index is 0.113. The fourth-order valence-electron chi connectivity index (χ4n) is 2.65. The van der Waals surface area contributed by atoms with Gasteiger partial charge in [0.1, 0.15) is 0 Å². The van der Waals surface area contributed by atoms with E-state index in [0.717, 1.165) is 29.0 Å². The fourth-order valence-corrected chi connectivity index (χ4v) is 3.34. The first-order chi connectivity index (χ1) is 9.81. The van der Waals surface area contributed by atoms with Crippen LogP contribution in [0.3, 0.4) is 0 Å². The maximum atomic E-state index is 11.9. The second-order valence-electron chi connectivity index (χ2n) is 5.25. The molecule has 20 heavy (non-hydrogen) atoms.